The number of likely N-dealkylation sites (N-methyl/N-ethyl adjacent to an activating group) is 1. The molecule has 22 heavy (non-hydrogen) atoms. The number of nitrogens with zero attached hydrogens (tertiary/aromatic N) is 3. The number of hydroxylamine groups is 2. The number of carbonyl (C=O) groups excluding carboxylic acids is 1. The normalized spacial score (nSPS) is 42.2. The van der Waals surface area contributed by atoms with Crippen molar-refractivity contribution in [3.8, 4) is 6.07 Å². The van der Waals surface area contributed by atoms with Crippen LogP contribution in [0.5, 0.6) is 0 Å². The number of carbonyl (C=O) groups is 1. The van der Waals surface area contributed by atoms with Crippen LogP contribution in [0.15, 0.2) is 0 Å². The summed E-state index contributed by atoms with van der Waals surface area (Å²) in [7, 11) is 1.94. The lowest BCUT2D eigenvalue weighted by Crippen LogP contribution is -2.61. The molecule has 1 amide bonds. The molecule has 1 saturated carbocycles. The Morgan fingerprint density at radius 3 is 2.82 bits per heavy atom. The van der Waals surface area contributed by atoms with Gasteiger partial charge in [-0.2, -0.15) is 10.3 Å². The van der Waals surface area contributed by atoms with E-state index in [0.717, 1.165) is 12.8 Å². The number of amides is 1. The predicted octanol–water partition coefficient (Wildman–Crippen LogP) is 2.54. The van der Waals surface area contributed by atoms with E-state index in [-0.39, 0.29) is 23.7 Å². The van der Waals surface area contributed by atoms with Crippen molar-refractivity contribution in [2.24, 2.45) is 17.8 Å². The zero-order valence-electron chi connectivity index (χ0n) is 14.1. The number of hydrogen-bond acceptors (Lipinski definition) is 4. The third-order valence-corrected chi connectivity index (χ3v) is 5.95. The van der Waals surface area contributed by atoms with Crippen LogP contribution in [-0.2, 0) is 9.63 Å². The van der Waals surface area contributed by atoms with E-state index in [2.05, 4.69) is 26.8 Å². The molecule has 1 aliphatic carbocycles. The van der Waals surface area contributed by atoms with Crippen molar-refractivity contribution in [2.75, 3.05) is 7.05 Å². The van der Waals surface area contributed by atoms with Crippen LogP contribution in [0.1, 0.15) is 52.9 Å². The lowest BCUT2D eigenvalue weighted by Gasteiger charge is -2.52. The van der Waals surface area contributed by atoms with Crippen LogP contribution in [0.25, 0.3) is 0 Å². The molecular weight excluding hydrogens is 278 g/mol. The molecule has 5 atom stereocenters. The van der Waals surface area contributed by atoms with Gasteiger partial charge in [-0.05, 0) is 24.7 Å². The number of fused-ring (bicyclic) bond motifs is 2. The molecule has 3 rings (SSSR count). The summed E-state index contributed by atoms with van der Waals surface area (Å²) in [6.07, 6.45) is 4.20. The Labute approximate surface area is 133 Å². The van der Waals surface area contributed by atoms with Crippen molar-refractivity contribution in [1.29, 1.82) is 5.26 Å². The molecule has 0 aromatic heterocycles. The van der Waals surface area contributed by atoms with Gasteiger partial charge in [0, 0.05) is 19.4 Å². The number of hydrogen-bond donors (Lipinski definition) is 0. The maximum Gasteiger partial charge on any atom is 0.243 e. The van der Waals surface area contributed by atoms with Crippen molar-refractivity contribution in [2.45, 2.75) is 70.7 Å². The van der Waals surface area contributed by atoms with Crippen LogP contribution in [0.4, 0.5) is 0 Å². The SMILES string of the molecule is CC(C)[C@@H]1CC[C@@H](C)C[C@@]12N(C)C(=O)[C@@H]1C[C@@H](CC#N)ON12. The van der Waals surface area contributed by atoms with Crippen LogP contribution in [0.2, 0.25) is 0 Å². The molecule has 2 saturated heterocycles. The average molecular weight is 305 g/mol. The molecule has 3 aliphatic rings. The van der Waals surface area contributed by atoms with Crippen molar-refractivity contribution < 1.29 is 9.63 Å². The summed E-state index contributed by atoms with van der Waals surface area (Å²) in [6, 6.07) is 1.98. The smallest absolute Gasteiger partial charge is 0.243 e. The predicted molar refractivity (Wildman–Crippen MR) is 82.2 cm³/mol. The van der Waals surface area contributed by atoms with Gasteiger partial charge in [-0.15, -0.1) is 0 Å². The summed E-state index contributed by atoms with van der Waals surface area (Å²) in [4.78, 5) is 20.9. The van der Waals surface area contributed by atoms with Crippen molar-refractivity contribution in [3.05, 3.63) is 0 Å². The summed E-state index contributed by atoms with van der Waals surface area (Å²) in [5, 5.41) is 10.9. The standard InChI is InChI=1S/C17H27N3O2/c1-11(2)14-6-5-12(3)10-17(14)19(4)16(21)15-9-13(7-8-18)22-20(15)17/h11-15H,5-7,9-10H2,1-4H3/t12-,13-,14+,15+,17+/m1/s1. The van der Waals surface area contributed by atoms with E-state index in [1.54, 1.807) is 0 Å². The minimum Gasteiger partial charge on any atom is -0.323 e. The van der Waals surface area contributed by atoms with Gasteiger partial charge in [0.05, 0.1) is 18.6 Å². The molecule has 0 aromatic carbocycles. The number of nitriles is 1. The molecule has 1 spiro atoms. The molecule has 0 aromatic rings. The summed E-state index contributed by atoms with van der Waals surface area (Å²) >= 11 is 0. The second kappa shape index (κ2) is 5.50. The van der Waals surface area contributed by atoms with Gasteiger partial charge in [0.2, 0.25) is 5.91 Å². The Hall–Kier alpha value is -1.12. The van der Waals surface area contributed by atoms with Crippen molar-refractivity contribution in [3.63, 3.8) is 0 Å². The quantitative estimate of drug-likeness (QED) is 0.786. The van der Waals surface area contributed by atoms with Gasteiger partial charge in [-0.1, -0.05) is 27.2 Å². The highest BCUT2D eigenvalue weighted by molar-refractivity contribution is 5.85. The zero-order valence-corrected chi connectivity index (χ0v) is 14.1. The van der Waals surface area contributed by atoms with Crippen LogP contribution in [-0.4, -0.2) is 40.7 Å². The van der Waals surface area contributed by atoms with Gasteiger partial charge in [-0.25, -0.2) is 0 Å². The summed E-state index contributed by atoms with van der Waals surface area (Å²) in [5.41, 5.74) is -0.322. The summed E-state index contributed by atoms with van der Waals surface area (Å²) in [5.74, 6) is 1.67. The van der Waals surface area contributed by atoms with E-state index in [9.17, 15) is 4.79 Å². The summed E-state index contributed by atoms with van der Waals surface area (Å²) < 4.78 is 0. The van der Waals surface area contributed by atoms with E-state index < -0.39 is 0 Å². The van der Waals surface area contributed by atoms with E-state index in [1.165, 1.54) is 6.42 Å². The van der Waals surface area contributed by atoms with E-state index in [1.807, 2.05) is 17.0 Å². The number of rotatable bonds is 2. The molecule has 3 fully saturated rings. The highest BCUT2D eigenvalue weighted by Gasteiger charge is 2.64. The second-order valence-electron chi connectivity index (χ2n) is 7.68. The topological polar surface area (TPSA) is 56.6 Å². The van der Waals surface area contributed by atoms with Crippen LogP contribution >= 0.6 is 0 Å². The fourth-order valence-corrected chi connectivity index (χ4v) is 4.94. The molecule has 0 radical (unpaired) electrons. The van der Waals surface area contributed by atoms with Gasteiger partial charge in [0.25, 0.3) is 0 Å². The molecule has 0 unspecified atom stereocenters. The molecule has 2 heterocycles. The van der Waals surface area contributed by atoms with E-state index >= 15 is 0 Å². The zero-order chi connectivity index (χ0) is 16.1. The van der Waals surface area contributed by atoms with E-state index in [0.29, 0.717) is 30.6 Å². The first-order chi connectivity index (χ1) is 10.4. The molecule has 0 N–H and O–H groups in total. The fourth-order valence-electron chi connectivity index (χ4n) is 4.94. The van der Waals surface area contributed by atoms with E-state index in [4.69, 9.17) is 10.1 Å². The third kappa shape index (κ3) is 2.08. The lowest BCUT2D eigenvalue weighted by molar-refractivity contribution is -0.263. The minimum atomic E-state index is -0.322. The van der Waals surface area contributed by atoms with Crippen LogP contribution < -0.4 is 0 Å². The Morgan fingerprint density at radius 2 is 2.18 bits per heavy atom. The van der Waals surface area contributed by atoms with Gasteiger partial charge in [0.15, 0.2) is 0 Å². The van der Waals surface area contributed by atoms with Crippen molar-refractivity contribution in [1.82, 2.24) is 9.96 Å². The molecule has 5 heteroatoms. The second-order valence-corrected chi connectivity index (χ2v) is 7.68. The minimum absolute atomic E-state index is 0.130. The largest absolute Gasteiger partial charge is 0.323 e. The Kier molecular flexibility index (Phi) is 3.94. The third-order valence-electron chi connectivity index (χ3n) is 5.95. The molecule has 2 aliphatic heterocycles. The average Bonchev–Trinajstić information content (AvgIpc) is 2.95. The molecule has 5 nitrogen and oxygen atoms in total. The summed E-state index contributed by atoms with van der Waals surface area (Å²) in [6.45, 7) is 6.76. The highest BCUT2D eigenvalue weighted by Crippen LogP contribution is 2.53. The Balaban J connectivity index is 1.98. The van der Waals surface area contributed by atoms with Crippen LogP contribution in [0, 0.1) is 29.1 Å². The highest BCUT2D eigenvalue weighted by atomic mass is 16.7. The lowest BCUT2D eigenvalue weighted by atomic mass is 9.69. The first kappa shape index (κ1) is 15.8. The molecule has 122 valence electrons. The van der Waals surface area contributed by atoms with Gasteiger partial charge in [-0.3, -0.25) is 9.63 Å². The van der Waals surface area contributed by atoms with Gasteiger partial charge < -0.3 is 4.90 Å². The maximum absolute atomic E-state index is 12.8. The Morgan fingerprint density at radius 1 is 1.45 bits per heavy atom. The first-order valence-electron chi connectivity index (χ1n) is 8.52. The first-order valence-corrected chi connectivity index (χ1v) is 8.52. The van der Waals surface area contributed by atoms with Crippen molar-refractivity contribution >= 4 is 5.91 Å². The van der Waals surface area contributed by atoms with Gasteiger partial charge in [0.1, 0.15) is 11.7 Å². The molecule has 0 bridgehead atoms. The molecular formula is C17H27N3O2. The fraction of sp³-hybridized carbons (Fsp3) is 0.882. The van der Waals surface area contributed by atoms with Crippen LogP contribution in [0.3, 0.4) is 0 Å². The Bertz CT molecular complexity index is 501. The van der Waals surface area contributed by atoms with Gasteiger partial charge >= 0.3 is 0 Å². The monoisotopic (exact) mass is 305 g/mol. The maximum atomic E-state index is 12.8.